The Bertz CT molecular complexity index is 450. The lowest BCUT2D eigenvalue weighted by Crippen LogP contribution is -2.23. The maximum atomic E-state index is 5.11. The largest absolute Gasteiger partial charge is 0.380 e. The highest BCUT2D eigenvalue weighted by atomic mass is 16.7. The van der Waals surface area contributed by atoms with Gasteiger partial charge in [0.1, 0.15) is 0 Å². The van der Waals surface area contributed by atoms with Gasteiger partial charge in [-0.15, -0.1) is 0 Å². The van der Waals surface area contributed by atoms with Gasteiger partial charge in [-0.2, -0.15) is 0 Å². The average molecular weight is 247 g/mol. The Morgan fingerprint density at radius 3 is 2.50 bits per heavy atom. The van der Waals surface area contributed by atoms with Gasteiger partial charge in [0.05, 0.1) is 24.8 Å². The molecule has 0 amide bonds. The summed E-state index contributed by atoms with van der Waals surface area (Å²) in [5.74, 6) is 0. The van der Waals surface area contributed by atoms with Gasteiger partial charge >= 0.3 is 0 Å². The minimum Gasteiger partial charge on any atom is -0.380 e. The van der Waals surface area contributed by atoms with Crippen LogP contribution in [0.4, 0.5) is 5.69 Å². The van der Waals surface area contributed by atoms with Crippen molar-refractivity contribution < 1.29 is 9.47 Å². The van der Waals surface area contributed by atoms with Crippen molar-refractivity contribution in [3.63, 3.8) is 0 Å². The Kier molecular flexibility index (Phi) is 4.33. The average Bonchev–Trinajstić information content (AvgIpc) is 2.94. The second kappa shape index (κ2) is 6.18. The molecule has 0 atom stereocenters. The first-order valence-electron chi connectivity index (χ1n) is 5.71. The summed E-state index contributed by atoms with van der Waals surface area (Å²) < 4.78 is 10.2. The van der Waals surface area contributed by atoms with E-state index in [1.54, 1.807) is 26.7 Å². The van der Waals surface area contributed by atoms with Crippen LogP contribution in [0.25, 0.3) is 11.3 Å². The number of aromatic amines is 1. The number of benzene rings is 1. The molecule has 0 unspecified atom stereocenters. The van der Waals surface area contributed by atoms with E-state index in [4.69, 9.17) is 9.47 Å². The standard InChI is InChI=1S/C13H17N3O2/c1-17-13(18-2)8-15-11-5-3-10(4-6-11)12-7-14-9-16-12/h3-7,9,13,15H,8H2,1-2H3,(H,14,16). The van der Waals surface area contributed by atoms with Crippen LogP contribution in [0.3, 0.4) is 0 Å². The third-order valence-electron chi connectivity index (χ3n) is 2.69. The fraction of sp³-hybridized carbons (Fsp3) is 0.308. The molecule has 0 aliphatic rings. The van der Waals surface area contributed by atoms with E-state index in [0.717, 1.165) is 16.9 Å². The molecule has 0 bridgehead atoms. The monoisotopic (exact) mass is 247 g/mol. The molecule has 5 nitrogen and oxygen atoms in total. The molecular formula is C13H17N3O2. The maximum Gasteiger partial charge on any atom is 0.173 e. The Morgan fingerprint density at radius 2 is 1.94 bits per heavy atom. The summed E-state index contributed by atoms with van der Waals surface area (Å²) in [5.41, 5.74) is 3.14. The van der Waals surface area contributed by atoms with E-state index < -0.39 is 0 Å². The molecule has 1 aromatic heterocycles. The lowest BCUT2D eigenvalue weighted by Gasteiger charge is -2.15. The van der Waals surface area contributed by atoms with E-state index in [2.05, 4.69) is 15.3 Å². The Balaban J connectivity index is 1.96. The van der Waals surface area contributed by atoms with Crippen LogP contribution in [-0.2, 0) is 9.47 Å². The molecule has 0 spiro atoms. The van der Waals surface area contributed by atoms with E-state index in [-0.39, 0.29) is 6.29 Å². The summed E-state index contributed by atoms with van der Waals surface area (Å²) in [7, 11) is 3.24. The minimum atomic E-state index is -0.239. The van der Waals surface area contributed by atoms with Gasteiger partial charge in [0.15, 0.2) is 6.29 Å². The van der Waals surface area contributed by atoms with Crippen molar-refractivity contribution in [1.29, 1.82) is 0 Å². The van der Waals surface area contributed by atoms with Crippen LogP contribution < -0.4 is 5.32 Å². The first-order valence-corrected chi connectivity index (χ1v) is 5.71. The molecule has 0 radical (unpaired) electrons. The maximum absolute atomic E-state index is 5.11. The van der Waals surface area contributed by atoms with E-state index in [0.29, 0.717) is 6.54 Å². The Morgan fingerprint density at radius 1 is 1.22 bits per heavy atom. The molecule has 0 fully saturated rings. The van der Waals surface area contributed by atoms with Crippen LogP contribution in [0.2, 0.25) is 0 Å². The van der Waals surface area contributed by atoms with Crippen molar-refractivity contribution in [3.8, 4) is 11.3 Å². The van der Waals surface area contributed by atoms with Crippen LogP contribution in [0.5, 0.6) is 0 Å². The van der Waals surface area contributed by atoms with Gasteiger partial charge in [-0.05, 0) is 17.7 Å². The molecule has 5 heteroatoms. The van der Waals surface area contributed by atoms with Gasteiger partial charge in [-0.1, -0.05) is 12.1 Å². The van der Waals surface area contributed by atoms with Crippen LogP contribution >= 0.6 is 0 Å². The molecular weight excluding hydrogens is 230 g/mol. The molecule has 2 rings (SSSR count). The lowest BCUT2D eigenvalue weighted by atomic mass is 10.1. The number of hydrogen-bond acceptors (Lipinski definition) is 4. The molecule has 18 heavy (non-hydrogen) atoms. The molecule has 0 aliphatic heterocycles. The van der Waals surface area contributed by atoms with E-state index >= 15 is 0 Å². The van der Waals surface area contributed by atoms with Gasteiger partial charge < -0.3 is 19.8 Å². The van der Waals surface area contributed by atoms with Gasteiger partial charge in [-0.25, -0.2) is 4.98 Å². The topological polar surface area (TPSA) is 59.2 Å². The van der Waals surface area contributed by atoms with Crippen LogP contribution in [0.1, 0.15) is 0 Å². The zero-order valence-corrected chi connectivity index (χ0v) is 10.5. The first kappa shape index (κ1) is 12.6. The summed E-state index contributed by atoms with van der Waals surface area (Å²) in [6.45, 7) is 0.608. The highest BCUT2D eigenvalue weighted by Crippen LogP contribution is 2.18. The second-order valence-corrected chi connectivity index (χ2v) is 3.82. The zero-order chi connectivity index (χ0) is 12.8. The van der Waals surface area contributed by atoms with Crippen molar-refractivity contribution in [1.82, 2.24) is 9.97 Å². The zero-order valence-electron chi connectivity index (χ0n) is 10.5. The predicted molar refractivity (Wildman–Crippen MR) is 70.3 cm³/mol. The molecule has 0 saturated heterocycles. The van der Waals surface area contributed by atoms with Crippen LogP contribution in [-0.4, -0.2) is 37.0 Å². The van der Waals surface area contributed by atoms with E-state index in [9.17, 15) is 0 Å². The van der Waals surface area contributed by atoms with Crippen molar-refractivity contribution in [2.45, 2.75) is 6.29 Å². The SMILES string of the molecule is COC(CNc1ccc(-c2cnc[nH]2)cc1)OC. The third kappa shape index (κ3) is 3.09. The van der Waals surface area contributed by atoms with Crippen molar-refractivity contribution in [2.24, 2.45) is 0 Å². The van der Waals surface area contributed by atoms with Crippen molar-refractivity contribution in [2.75, 3.05) is 26.1 Å². The smallest absolute Gasteiger partial charge is 0.173 e. The quantitative estimate of drug-likeness (QED) is 0.767. The number of anilines is 1. The normalized spacial score (nSPS) is 10.8. The fourth-order valence-corrected chi connectivity index (χ4v) is 1.65. The predicted octanol–water partition coefficient (Wildman–Crippen LogP) is 2.11. The first-order chi connectivity index (χ1) is 8.83. The molecule has 1 heterocycles. The number of ether oxygens (including phenoxy) is 2. The summed E-state index contributed by atoms with van der Waals surface area (Å²) in [4.78, 5) is 7.07. The molecule has 0 saturated carbocycles. The lowest BCUT2D eigenvalue weighted by molar-refractivity contribution is -0.0914. The van der Waals surface area contributed by atoms with Crippen molar-refractivity contribution >= 4 is 5.69 Å². The molecule has 2 N–H and O–H groups in total. The highest BCUT2D eigenvalue weighted by Gasteiger charge is 2.04. The molecule has 1 aromatic carbocycles. The van der Waals surface area contributed by atoms with Crippen LogP contribution in [0.15, 0.2) is 36.8 Å². The fourth-order valence-electron chi connectivity index (χ4n) is 1.65. The molecule has 96 valence electrons. The number of nitrogens with one attached hydrogen (secondary N) is 2. The van der Waals surface area contributed by atoms with E-state index in [1.807, 2.05) is 24.3 Å². The molecule has 0 aliphatic carbocycles. The highest BCUT2D eigenvalue weighted by molar-refractivity contribution is 5.61. The summed E-state index contributed by atoms with van der Waals surface area (Å²) >= 11 is 0. The van der Waals surface area contributed by atoms with Gasteiger partial charge in [0.2, 0.25) is 0 Å². The number of rotatable bonds is 6. The summed E-state index contributed by atoms with van der Waals surface area (Å²) in [6.07, 6.45) is 3.23. The number of hydrogen-bond donors (Lipinski definition) is 2. The Hall–Kier alpha value is -1.85. The van der Waals surface area contributed by atoms with E-state index in [1.165, 1.54) is 0 Å². The summed E-state index contributed by atoms with van der Waals surface area (Å²) in [5, 5.41) is 3.24. The number of methoxy groups -OCH3 is 2. The summed E-state index contributed by atoms with van der Waals surface area (Å²) in [6, 6.07) is 8.09. The van der Waals surface area contributed by atoms with Crippen LogP contribution in [0, 0.1) is 0 Å². The minimum absolute atomic E-state index is 0.239. The van der Waals surface area contributed by atoms with Gasteiger partial charge in [0.25, 0.3) is 0 Å². The molecule has 2 aromatic rings. The number of H-pyrrole nitrogens is 1. The van der Waals surface area contributed by atoms with Gasteiger partial charge in [0, 0.05) is 19.9 Å². The van der Waals surface area contributed by atoms with Crippen molar-refractivity contribution in [3.05, 3.63) is 36.8 Å². The second-order valence-electron chi connectivity index (χ2n) is 3.82. The Labute approximate surface area is 106 Å². The van der Waals surface area contributed by atoms with Gasteiger partial charge in [-0.3, -0.25) is 0 Å². The number of imidazole rings is 1. The number of aromatic nitrogens is 2. The third-order valence-corrected chi connectivity index (χ3v) is 2.69. The number of nitrogens with zero attached hydrogens (tertiary/aromatic N) is 1.